The molecule has 1 rings (SSSR count). The summed E-state index contributed by atoms with van der Waals surface area (Å²) in [4.78, 5) is 13.3. The summed E-state index contributed by atoms with van der Waals surface area (Å²) in [7, 11) is 1.67. The van der Waals surface area contributed by atoms with Gasteiger partial charge in [-0.05, 0) is 12.8 Å². The van der Waals surface area contributed by atoms with Crippen LogP contribution in [0.25, 0.3) is 0 Å². The van der Waals surface area contributed by atoms with E-state index in [1.54, 1.807) is 7.05 Å². The van der Waals surface area contributed by atoms with Crippen molar-refractivity contribution in [3.8, 4) is 0 Å². The number of amides is 1. The summed E-state index contributed by atoms with van der Waals surface area (Å²) >= 11 is 0. The summed E-state index contributed by atoms with van der Waals surface area (Å²) in [5.74, 6) is -2.85. The van der Waals surface area contributed by atoms with Gasteiger partial charge in [-0.25, -0.2) is 8.78 Å². The van der Waals surface area contributed by atoms with Gasteiger partial charge in [0.05, 0.1) is 0 Å². The SMILES string of the molecule is CN(CCN)C(=O)C1CCC(F)(F)CC1. The summed E-state index contributed by atoms with van der Waals surface area (Å²) in [5, 5.41) is 0. The van der Waals surface area contributed by atoms with Gasteiger partial charge in [-0.15, -0.1) is 0 Å². The first-order valence-corrected chi connectivity index (χ1v) is 5.29. The molecule has 0 bridgehead atoms. The van der Waals surface area contributed by atoms with E-state index < -0.39 is 5.92 Å². The van der Waals surface area contributed by atoms with Crippen LogP contribution in [0.5, 0.6) is 0 Å². The van der Waals surface area contributed by atoms with E-state index in [2.05, 4.69) is 0 Å². The van der Waals surface area contributed by atoms with E-state index in [0.717, 1.165) is 0 Å². The minimum atomic E-state index is -2.57. The molecule has 88 valence electrons. The monoisotopic (exact) mass is 220 g/mol. The van der Waals surface area contributed by atoms with Gasteiger partial charge in [0.25, 0.3) is 0 Å². The highest BCUT2D eigenvalue weighted by Gasteiger charge is 2.37. The number of nitrogens with two attached hydrogens (primary N) is 1. The summed E-state index contributed by atoms with van der Waals surface area (Å²) in [6.45, 7) is 0.900. The molecule has 0 spiro atoms. The normalized spacial score (nSPS) is 21.3. The number of nitrogens with zero attached hydrogens (tertiary/aromatic N) is 1. The van der Waals surface area contributed by atoms with Crippen molar-refractivity contribution >= 4 is 5.91 Å². The number of alkyl halides is 2. The second-order valence-electron chi connectivity index (χ2n) is 4.18. The first kappa shape index (κ1) is 12.4. The van der Waals surface area contributed by atoms with Crippen molar-refractivity contribution < 1.29 is 13.6 Å². The highest BCUT2D eigenvalue weighted by Crippen LogP contribution is 2.36. The molecule has 1 saturated carbocycles. The third-order valence-corrected chi connectivity index (χ3v) is 2.91. The third kappa shape index (κ3) is 3.41. The summed E-state index contributed by atoms with van der Waals surface area (Å²) in [6.07, 6.45) is 0.251. The van der Waals surface area contributed by atoms with Gasteiger partial charge in [0.1, 0.15) is 0 Å². The molecule has 5 heteroatoms. The summed E-state index contributed by atoms with van der Waals surface area (Å²) < 4.78 is 25.7. The van der Waals surface area contributed by atoms with Crippen LogP contribution in [0.1, 0.15) is 25.7 Å². The van der Waals surface area contributed by atoms with E-state index in [0.29, 0.717) is 25.9 Å². The molecule has 2 N–H and O–H groups in total. The molecule has 3 nitrogen and oxygen atoms in total. The fourth-order valence-corrected chi connectivity index (χ4v) is 1.90. The fraction of sp³-hybridized carbons (Fsp3) is 0.900. The van der Waals surface area contributed by atoms with Crippen molar-refractivity contribution in [2.75, 3.05) is 20.1 Å². The molecule has 15 heavy (non-hydrogen) atoms. The number of halogens is 2. The average Bonchev–Trinajstić information content (AvgIpc) is 2.17. The van der Waals surface area contributed by atoms with Gasteiger partial charge >= 0.3 is 0 Å². The zero-order valence-electron chi connectivity index (χ0n) is 9.01. The van der Waals surface area contributed by atoms with Crippen molar-refractivity contribution in [1.82, 2.24) is 4.90 Å². The molecule has 0 saturated heterocycles. The Morgan fingerprint density at radius 2 is 2.00 bits per heavy atom. The van der Waals surface area contributed by atoms with Crippen molar-refractivity contribution in [1.29, 1.82) is 0 Å². The Hall–Kier alpha value is -0.710. The molecule has 0 aliphatic heterocycles. The molecular formula is C10H18F2N2O. The molecule has 1 aliphatic carbocycles. The lowest BCUT2D eigenvalue weighted by Gasteiger charge is -2.30. The molecule has 1 amide bonds. The van der Waals surface area contributed by atoms with Crippen LogP contribution in [0, 0.1) is 5.92 Å². The molecule has 1 fully saturated rings. The van der Waals surface area contributed by atoms with Crippen LogP contribution >= 0.6 is 0 Å². The number of hydrogen-bond donors (Lipinski definition) is 1. The molecule has 0 unspecified atom stereocenters. The number of carbonyl (C=O) groups is 1. The van der Waals surface area contributed by atoms with E-state index >= 15 is 0 Å². The van der Waals surface area contributed by atoms with Gasteiger partial charge < -0.3 is 10.6 Å². The van der Waals surface area contributed by atoms with E-state index in [1.165, 1.54) is 4.90 Å². The summed E-state index contributed by atoms with van der Waals surface area (Å²) in [5.41, 5.74) is 5.33. The maximum absolute atomic E-state index is 12.8. The Morgan fingerprint density at radius 1 is 1.47 bits per heavy atom. The van der Waals surface area contributed by atoms with E-state index in [-0.39, 0.29) is 24.7 Å². The first-order valence-electron chi connectivity index (χ1n) is 5.29. The molecule has 0 aromatic rings. The molecule has 0 aromatic carbocycles. The van der Waals surface area contributed by atoms with E-state index in [1.807, 2.05) is 0 Å². The third-order valence-electron chi connectivity index (χ3n) is 2.91. The van der Waals surface area contributed by atoms with E-state index in [4.69, 9.17) is 5.73 Å². The number of hydrogen-bond acceptors (Lipinski definition) is 2. The van der Waals surface area contributed by atoms with Crippen LogP contribution < -0.4 is 5.73 Å². The van der Waals surface area contributed by atoms with Gasteiger partial charge in [0, 0.05) is 38.9 Å². The Bertz CT molecular complexity index is 223. The van der Waals surface area contributed by atoms with Crippen molar-refractivity contribution in [3.63, 3.8) is 0 Å². The Kier molecular flexibility index (Phi) is 4.02. The van der Waals surface area contributed by atoms with Crippen LogP contribution in [-0.2, 0) is 4.79 Å². The lowest BCUT2D eigenvalue weighted by molar-refractivity contribution is -0.138. The predicted molar refractivity (Wildman–Crippen MR) is 53.6 cm³/mol. The second-order valence-corrected chi connectivity index (χ2v) is 4.18. The van der Waals surface area contributed by atoms with Crippen LogP contribution in [0.2, 0.25) is 0 Å². The van der Waals surface area contributed by atoms with Crippen molar-refractivity contribution in [2.24, 2.45) is 11.7 Å². The lowest BCUT2D eigenvalue weighted by Crippen LogP contribution is -2.39. The minimum absolute atomic E-state index is 0.0454. The molecule has 0 radical (unpaired) electrons. The van der Waals surface area contributed by atoms with Gasteiger partial charge in [-0.3, -0.25) is 4.79 Å². The smallest absolute Gasteiger partial charge is 0.248 e. The largest absolute Gasteiger partial charge is 0.344 e. The number of carbonyl (C=O) groups excluding carboxylic acids is 1. The van der Waals surface area contributed by atoms with E-state index in [9.17, 15) is 13.6 Å². The fourth-order valence-electron chi connectivity index (χ4n) is 1.90. The Balaban J connectivity index is 2.42. The maximum Gasteiger partial charge on any atom is 0.248 e. The van der Waals surface area contributed by atoms with Crippen LogP contribution in [0.3, 0.4) is 0 Å². The maximum atomic E-state index is 12.8. The number of rotatable bonds is 3. The van der Waals surface area contributed by atoms with Crippen molar-refractivity contribution in [2.45, 2.75) is 31.6 Å². The molecule has 1 aliphatic rings. The van der Waals surface area contributed by atoms with Gasteiger partial charge in [-0.2, -0.15) is 0 Å². The highest BCUT2D eigenvalue weighted by atomic mass is 19.3. The molecule has 0 heterocycles. The lowest BCUT2D eigenvalue weighted by atomic mass is 9.86. The van der Waals surface area contributed by atoms with Crippen molar-refractivity contribution in [3.05, 3.63) is 0 Å². The Labute approximate surface area is 88.6 Å². The average molecular weight is 220 g/mol. The molecule has 0 atom stereocenters. The first-order chi connectivity index (χ1) is 6.96. The van der Waals surface area contributed by atoms with Crippen LogP contribution in [0.4, 0.5) is 8.78 Å². The zero-order chi connectivity index (χ0) is 11.5. The van der Waals surface area contributed by atoms with Crippen LogP contribution in [0.15, 0.2) is 0 Å². The topological polar surface area (TPSA) is 46.3 Å². The highest BCUT2D eigenvalue weighted by molar-refractivity contribution is 5.78. The standard InChI is InChI=1S/C10H18F2N2O/c1-14(7-6-13)9(15)8-2-4-10(11,12)5-3-8/h8H,2-7,13H2,1H3. The Morgan fingerprint density at radius 3 is 2.47 bits per heavy atom. The van der Waals surface area contributed by atoms with Gasteiger partial charge in [-0.1, -0.05) is 0 Å². The van der Waals surface area contributed by atoms with Gasteiger partial charge in [0.2, 0.25) is 11.8 Å². The number of likely N-dealkylation sites (N-methyl/N-ethyl adjacent to an activating group) is 1. The molecule has 0 aromatic heterocycles. The summed E-state index contributed by atoms with van der Waals surface area (Å²) in [6, 6.07) is 0. The zero-order valence-corrected chi connectivity index (χ0v) is 9.01. The second kappa shape index (κ2) is 4.88. The quantitative estimate of drug-likeness (QED) is 0.777. The molecular weight excluding hydrogens is 202 g/mol. The van der Waals surface area contributed by atoms with Gasteiger partial charge in [0.15, 0.2) is 0 Å². The minimum Gasteiger partial charge on any atom is -0.344 e. The van der Waals surface area contributed by atoms with Crippen LogP contribution in [-0.4, -0.2) is 36.9 Å². The predicted octanol–water partition coefficient (Wildman–Crippen LogP) is 1.23.